The Bertz CT molecular complexity index is 1400. The van der Waals surface area contributed by atoms with Crippen LogP contribution in [0.4, 0.5) is 5.82 Å². The Hall–Kier alpha value is -3.91. The van der Waals surface area contributed by atoms with Crippen molar-refractivity contribution >= 4 is 40.2 Å². The number of esters is 1. The van der Waals surface area contributed by atoms with Gasteiger partial charge >= 0.3 is 5.97 Å². The summed E-state index contributed by atoms with van der Waals surface area (Å²) in [7, 11) is 0. The van der Waals surface area contributed by atoms with Crippen LogP contribution in [0.25, 0.3) is 11.0 Å². The molecule has 0 bridgehead atoms. The van der Waals surface area contributed by atoms with Gasteiger partial charge in [-0.25, -0.2) is 9.97 Å². The van der Waals surface area contributed by atoms with Gasteiger partial charge in [-0.05, 0) is 44.0 Å². The van der Waals surface area contributed by atoms with Crippen molar-refractivity contribution in [3.8, 4) is 11.5 Å². The number of benzene rings is 2. The van der Waals surface area contributed by atoms with E-state index in [2.05, 4.69) is 19.9 Å². The second kappa shape index (κ2) is 10.4. The maximum absolute atomic E-state index is 13.6. The fourth-order valence-electron chi connectivity index (χ4n) is 4.47. The van der Waals surface area contributed by atoms with Crippen molar-refractivity contribution < 1.29 is 19.1 Å². The number of fused-ring (bicyclic) bond motifs is 1. The molecule has 1 aliphatic rings. The van der Waals surface area contributed by atoms with Gasteiger partial charge < -0.3 is 19.4 Å². The van der Waals surface area contributed by atoms with Gasteiger partial charge in [-0.2, -0.15) is 0 Å². The van der Waals surface area contributed by atoms with Crippen molar-refractivity contribution in [1.29, 1.82) is 0 Å². The van der Waals surface area contributed by atoms with Crippen molar-refractivity contribution in [1.82, 2.24) is 15.0 Å². The van der Waals surface area contributed by atoms with E-state index < -0.39 is 0 Å². The lowest BCUT2D eigenvalue weighted by Gasteiger charge is -2.32. The van der Waals surface area contributed by atoms with E-state index in [0.29, 0.717) is 72.0 Å². The number of carbonyl (C=O) groups excluding carboxylic acids is 2. The molecule has 0 atom stereocenters. The molecule has 1 saturated heterocycles. The van der Waals surface area contributed by atoms with Gasteiger partial charge in [0.2, 0.25) is 0 Å². The van der Waals surface area contributed by atoms with Crippen molar-refractivity contribution in [2.24, 2.45) is 5.92 Å². The normalized spacial score (nSPS) is 14.1. The fourth-order valence-corrected chi connectivity index (χ4v) is 4.72. The van der Waals surface area contributed by atoms with E-state index in [1.54, 1.807) is 24.4 Å². The first kappa shape index (κ1) is 23.8. The van der Waals surface area contributed by atoms with Crippen LogP contribution in [0.3, 0.4) is 0 Å². The summed E-state index contributed by atoms with van der Waals surface area (Å²) in [5.41, 5.74) is 1.36. The molecule has 184 valence electrons. The minimum Gasteiger partial charge on any atom is -0.466 e. The molecule has 0 spiro atoms. The van der Waals surface area contributed by atoms with E-state index in [1.165, 1.54) is 6.33 Å². The number of piperidine rings is 1. The summed E-state index contributed by atoms with van der Waals surface area (Å²) in [6, 6.07) is 14.4. The Morgan fingerprint density at radius 1 is 1.06 bits per heavy atom. The zero-order valence-corrected chi connectivity index (χ0v) is 20.5. The van der Waals surface area contributed by atoms with Crippen LogP contribution < -0.4 is 9.64 Å². The largest absolute Gasteiger partial charge is 0.466 e. The number of aromatic amines is 1. The van der Waals surface area contributed by atoms with Crippen LogP contribution in [0.5, 0.6) is 11.5 Å². The lowest BCUT2D eigenvalue weighted by Crippen LogP contribution is -2.37. The number of H-pyrrole nitrogens is 1. The summed E-state index contributed by atoms with van der Waals surface area (Å²) >= 11 is 6.52. The molecule has 1 aliphatic heterocycles. The molecule has 1 N–H and O–H groups in total. The zero-order chi connectivity index (χ0) is 25.1. The van der Waals surface area contributed by atoms with Crippen molar-refractivity contribution in [3.05, 3.63) is 77.2 Å². The number of nitrogens with one attached hydrogen (secondary N) is 1. The first-order chi connectivity index (χ1) is 17.5. The van der Waals surface area contributed by atoms with Crippen LogP contribution in [0.1, 0.15) is 35.7 Å². The molecule has 0 aliphatic carbocycles. The minimum absolute atomic E-state index is 0.124. The second-order valence-corrected chi connectivity index (χ2v) is 8.93. The summed E-state index contributed by atoms with van der Waals surface area (Å²) in [4.78, 5) is 39.7. The topological polar surface area (TPSA) is 97.4 Å². The third kappa shape index (κ3) is 4.77. The SMILES string of the molecule is CCOC(=O)C1CCN(c2ncnc3[nH]cc(C(=O)c4ccc(Oc5ccccc5)cc4Cl)c23)CC1. The molecule has 3 heterocycles. The Morgan fingerprint density at radius 3 is 2.56 bits per heavy atom. The quantitative estimate of drug-likeness (QED) is 0.265. The molecule has 0 saturated carbocycles. The molecule has 5 rings (SSSR count). The van der Waals surface area contributed by atoms with Gasteiger partial charge in [0.25, 0.3) is 0 Å². The van der Waals surface area contributed by atoms with Crippen LogP contribution in [-0.2, 0) is 9.53 Å². The Labute approximate surface area is 213 Å². The number of rotatable bonds is 7. The first-order valence-corrected chi connectivity index (χ1v) is 12.2. The summed E-state index contributed by atoms with van der Waals surface area (Å²) in [5, 5.41) is 0.925. The average Bonchev–Trinajstić information content (AvgIpc) is 3.34. The third-order valence-corrected chi connectivity index (χ3v) is 6.59. The standard InChI is InChI=1S/C27H25ClN4O4/c1-2-35-27(34)17-10-12-32(13-11-17)26-23-21(15-29-25(23)30-16-31-26)24(33)20-9-8-19(14-22(20)28)36-18-6-4-3-5-7-18/h3-9,14-17H,2,10-13H2,1H3,(H,29,30,31). The first-order valence-electron chi connectivity index (χ1n) is 11.9. The van der Waals surface area contributed by atoms with E-state index in [4.69, 9.17) is 21.1 Å². The molecule has 0 amide bonds. The number of halogens is 1. The molecule has 0 radical (unpaired) electrons. The fraction of sp³-hybridized carbons (Fsp3) is 0.259. The van der Waals surface area contributed by atoms with Gasteiger partial charge in [0.05, 0.1) is 28.5 Å². The smallest absolute Gasteiger partial charge is 0.309 e. The molecule has 2 aromatic heterocycles. The predicted octanol–water partition coefficient (Wildman–Crippen LogP) is 5.41. The van der Waals surface area contributed by atoms with Gasteiger partial charge in [-0.1, -0.05) is 29.8 Å². The van der Waals surface area contributed by atoms with Crippen molar-refractivity contribution in [3.63, 3.8) is 0 Å². The zero-order valence-electron chi connectivity index (χ0n) is 19.7. The number of hydrogen-bond donors (Lipinski definition) is 1. The van der Waals surface area contributed by atoms with Gasteiger partial charge in [-0.15, -0.1) is 0 Å². The van der Waals surface area contributed by atoms with Crippen LogP contribution >= 0.6 is 11.6 Å². The van der Waals surface area contributed by atoms with Crippen LogP contribution in [-0.4, -0.2) is 46.4 Å². The van der Waals surface area contributed by atoms with Crippen LogP contribution in [0, 0.1) is 5.92 Å². The lowest BCUT2D eigenvalue weighted by molar-refractivity contribution is -0.148. The predicted molar refractivity (Wildman–Crippen MR) is 137 cm³/mol. The number of nitrogens with zero attached hydrogens (tertiary/aromatic N) is 3. The van der Waals surface area contributed by atoms with E-state index in [-0.39, 0.29) is 22.7 Å². The summed E-state index contributed by atoms with van der Waals surface area (Å²) in [5.74, 6) is 1.35. The lowest BCUT2D eigenvalue weighted by atomic mass is 9.96. The number of anilines is 1. The van der Waals surface area contributed by atoms with E-state index in [0.717, 1.165) is 0 Å². The highest BCUT2D eigenvalue weighted by atomic mass is 35.5. The van der Waals surface area contributed by atoms with E-state index in [1.807, 2.05) is 37.3 Å². The number of para-hydroxylation sites is 1. The van der Waals surface area contributed by atoms with Crippen LogP contribution in [0.15, 0.2) is 61.1 Å². The van der Waals surface area contributed by atoms with Crippen molar-refractivity contribution in [2.75, 3.05) is 24.6 Å². The van der Waals surface area contributed by atoms with Gasteiger partial charge in [0, 0.05) is 30.9 Å². The Morgan fingerprint density at radius 2 is 1.83 bits per heavy atom. The third-order valence-electron chi connectivity index (χ3n) is 6.27. The molecule has 0 unspecified atom stereocenters. The highest BCUT2D eigenvalue weighted by Gasteiger charge is 2.29. The highest BCUT2D eigenvalue weighted by molar-refractivity contribution is 6.35. The number of hydrogen-bond acceptors (Lipinski definition) is 7. The molecule has 36 heavy (non-hydrogen) atoms. The number of ether oxygens (including phenoxy) is 2. The average molecular weight is 505 g/mol. The molecule has 9 heteroatoms. The number of carbonyl (C=O) groups is 2. The molecular weight excluding hydrogens is 480 g/mol. The Kier molecular flexibility index (Phi) is 6.86. The number of aromatic nitrogens is 3. The summed E-state index contributed by atoms with van der Waals surface area (Å²) in [6.45, 7) is 3.44. The molecule has 1 fully saturated rings. The molecule has 4 aromatic rings. The van der Waals surface area contributed by atoms with E-state index in [9.17, 15) is 9.59 Å². The molecule has 2 aromatic carbocycles. The maximum atomic E-state index is 13.6. The van der Waals surface area contributed by atoms with E-state index >= 15 is 0 Å². The summed E-state index contributed by atoms with van der Waals surface area (Å²) in [6.07, 6.45) is 4.43. The maximum Gasteiger partial charge on any atom is 0.309 e. The second-order valence-electron chi connectivity index (χ2n) is 8.52. The van der Waals surface area contributed by atoms with Gasteiger partial charge in [0.1, 0.15) is 29.3 Å². The summed E-state index contributed by atoms with van der Waals surface area (Å²) < 4.78 is 11.0. The van der Waals surface area contributed by atoms with Crippen molar-refractivity contribution in [2.45, 2.75) is 19.8 Å². The molecule has 8 nitrogen and oxygen atoms in total. The molecular formula is C27H25ClN4O4. The number of ketones is 1. The van der Waals surface area contributed by atoms with Gasteiger partial charge in [-0.3, -0.25) is 9.59 Å². The van der Waals surface area contributed by atoms with Gasteiger partial charge in [0.15, 0.2) is 5.78 Å². The van der Waals surface area contributed by atoms with Crippen LogP contribution in [0.2, 0.25) is 5.02 Å². The highest BCUT2D eigenvalue weighted by Crippen LogP contribution is 2.33. The minimum atomic E-state index is -0.241. The Balaban J connectivity index is 1.40. The monoisotopic (exact) mass is 504 g/mol.